The minimum atomic E-state index is 0.493. The first-order valence-electron chi connectivity index (χ1n) is 6.96. The van der Waals surface area contributed by atoms with Crippen LogP contribution in [-0.2, 0) is 6.54 Å². The molecule has 0 fully saturated rings. The van der Waals surface area contributed by atoms with E-state index in [1.54, 1.807) is 0 Å². The van der Waals surface area contributed by atoms with E-state index in [1.165, 1.54) is 12.8 Å². The predicted molar refractivity (Wildman–Crippen MR) is 78.1 cm³/mol. The van der Waals surface area contributed by atoms with Crippen molar-refractivity contribution in [2.45, 2.75) is 52.1 Å². The van der Waals surface area contributed by atoms with Gasteiger partial charge in [-0.2, -0.15) is 5.10 Å². The van der Waals surface area contributed by atoms with E-state index in [9.17, 15) is 0 Å². The van der Waals surface area contributed by atoms with Crippen LogP contribution in [-0.4, -0.2) is 34.2 Å². The molecule has 0 saturated carbocycles. The number of unbranched alkanes of at least 4 members (excludes halogenated alkanes) is 2. The minimum absolute atomic E-state index is 0.493. The molecule has 0 radical (unpaired) electrons. The van der Waals surface area contributed by atoms with Gasteiger partial charge in [0, 0.05) is 24.7 Å². The van der Waals surface area contributed by atoms with Crippen molar-refractivity contribution in [1.82, 2.24) is 14.7 Å². The van der Waals surface area contributed by atoms with E-state index in [1.807, 2.05) is 0 Å². The molecule has 0 bridgehead atoms. The van der Waals surface area contributed by atoms with Gasteiger partial charge in [0.2, 0.25) is 0 Å². The molecule has 104 valence electrons. The third-order valence-corrected chi connectivity index (χ3v) is 3.58. The van der Waals surface area contributed by atoms with Gasteiger partial charge in [0.25, 0.3) is 0 Å². The Balaban J connectivity index is 2.30. The molecule has 0 amide bonds. The summed E-state index contributed by atoms with van der Waals surface area (Å²) in [5.41, 5.74) is 1.16. The van der Waals surface area contributed by atoms with Crippen molar-refractivity contribution in [2.24, 2.45) is 0 Å². The Morgan fingerprint density at radius 1 is 1.39 bits per heavy atom. The molecule has 1 heterocycles. The highest BCUT2D eigenvalue weighted by molar-refractivity contribution is 6.17. The fraction of sp³-hybridized carbons (Fsp3) is 0.786. The van der Waals surface area contributed by atoms with Crippen molar-refractivity contribution >= 4 is 11.6 Å². The third-order valence-electron chi connectivity index (χ3n) is 3.31. The summed E-state index contributed by atoms with van der Waals surface area (Å²) in [4.78, 5) is 2.33. The molecule has 0 saturated heterocycles. The monoisotopic (exact) mass is 271 g/mol. The van der Waals surface area contributed by atoms with Crippen LogP contribution in [0.15, 0.2) is 12.3 Å². The summed E-state index contributed by atoms with van der Waals surface area (Å²) in [6.07, 6.45) is 6.77. The molecule has 1 atom stereocenters. The largest absolute Gasteiger partial charge is 0.300 e. The molecule has 0 N–H and O–H groups in total. The molecule has 0 spiro atoms. The van der Waals surface area contributed by atoms with Gasteiger partial charge in [0.1, 0.15) is 0 Å². The molecule has 0 aliphatic heterocycles. The molecule has 1 rings (SSSR count). The number of aromatic nitrogens is 2. The second kappa shape index (κ2) is 8.54. The molecule has 18 heavy (non-hydrogen) atoms. The average Bonchev–Trinajstić information content (AvgIpc) is 2.82. The summed E-state index contributed by atoms with van der Waals surface area (Å²) in [6, 6.07) is 2.62. The Hall–Kier alpha value is -0.540. The molecule has 4 heteroatoms. The van der Waals surface area contributed by atoms with Gasteiger partial charge in [-0.1, -0.05) is 13.3 Å². The van der Waals surface area contributed by atoms with Crippen LogP contribution in [0.25, 0.3) is 0 Å². The molecular formula is C14H26ClN3. The zero-order valence-electron chi connectivity index (χ0n) is 11.9. The Morgan fingerprint density at radius 3 is 2.83 bits per heavy atom. The maximum Gasteiger partial charge on any atom is 0.0764 e. The maximum atomic E-state index is 5.67. The summed E-state index contributed by atoms with van der Waals surface area (Å²) < 4.78 is 2.07. The Morgan fingerprint density at radius 2 is 2.17 bits per heavy atom. The predicted octanol–water partition coefficient (Wildman–Crippen LogP) is 3.70. The van der Waals surface area contributed by atoms with Crippen LogP contribution < -0.4 is 0 Å². The van der Waals surface area contributed by atoms with Gasteiger partial charge in [-0.05, 0) is 45.8 Å². The van der Waals surface area contributed by atoms with Crippen LogP contribution >= 0.6 is 11.6 Å². The van der Waals surface area contributed by atoms with E-state index in [0.717, 1.165) is 37.5 Å². The quantitative estimate of drug-likeness (QED) is 0.504. The molecular weight excluding hydrogens is 246 g/mol. The highest BCUT2D eigenvalue weighted by atomic mass is 35.5. The van der Waals surface area contributed by atoms with Gasteiger partial charge in [-0.25, -0.2) is 0 Å². The van der Waals surface area contributed by atoms with Crippen molar-refractivity contribution in [1.29, 1.82) is 0 Å². The highest BCUT2D eigenvalue weighted by Gasteiger charge is 2.06. The molecule has 1 aromatic rings. The summed E-state index contributed by atoms with van der Waals surface area (Å²) in [6.45, 7) is 6.44. The van der Waals surface area contributed by atoms with Crippen LogP contribution in [0.1, 0.15) is 51.3 Å². The summed E-state index contributed by atoms with van der Waals surface area (Å²) in [5, 5.41) is 4.62. The van der Waals surface area contributed by atoms with Crippen LogP contribution in [0.3, 0.4) is 0 Å². The lowest BCUT2D eigenvalue weighted by Gasteiger charge is -2.15. The van der Waals surface area contributed by atoms with Gasteiger partial charge in [0.05, 0.1) is 5.69 Å². The van der Waals surface area contributed by atoms with Crippen molar-refractivity contribution in [3.8, 4) is 0 Å². The minimum Gasteiger partial charge on any atom is -0.300 e. The van der Waals surface area contributed by atoms with E-state index < -0.39 is 0 Å². The molecule has 0 aliphatic carbocycles. The molecule has 1 aromatic heterocycles. The van der Waals surface area contributed by atoms with Crippen LogP contribution in [0, 0.1) is 0 Å². The van der Waals surface area contributed by atoms with E-state index in [4.69, 9.17) is 11.6 Å². The third kappa shape index (κ3) is 5.40. The first kappa shape index (κ1) is 15.5. The summed E-state index contributed by atoms with van der Waals surface area (Å²) in [7, 11) is 2.16. The normalized spacial score (nSPS) is 13.2. The molecule has 0 aromatic carbocycles. The van der Waals surface area contributed by atoms with Crippen molar-refractivity contribution in [3.05, 3.63) is 18.0 Å². The van der Waals surface area contributed by atoms with E-state index in [2.05, 4.69) is 47.8 Å². The zero-order chi connectivity index (χ0) is 13.4. The second-order valence-corrected chi connectivity index (χ2v) is 5.41. The van der Waals surface area contributed by atoms with Crippen molar-refractivity contribution in [2.75, 3.05) is 19.5 Å². The number of hydrogen-bond donors (Lipinski definition) is 0. The topological polar surface area (TPSA) is 21.1 Å². The Kier molecular flexibility index (Phi) is 7.36. The Labute approximate surface area is 116 Å². The van der Waals surface area contributed by atoms with Gasteiger partial charge in [0.15, 0.2) is 0 Å². The van der Waals surface area contributed by atoms with E-state index in [0.29, 0.717) is 6.04 Å². The first-order valence-corrected chi connectivity index (χ1v) is 7.49. The number of nitrogens with zero attached hydrogens (tertiary/aromatic N) is 3. The first-order chi connectivity index (χ1) is 8.67. The maximum absolute atomic E-state index is 5.67. The van der Waals surface area contributed by atoms with Gasteiger partial charge in [-0.3, -0.25) is 4.68 Å². The molecule has 1 unspecified atom stereocenters. The zero-order valence-corrected chi connectivity index (χ0v) is 12.7. The number of rotatable bonds is 9. The van der Waals surface area contributed by atoms with Gasteiger partial charge >= 0.3 is 0 Å². The van der Waals surface area contributed by atoms with Crippen molar-refractivity contribution < 1.29 is 0 Å². The van der Waals surface area contributed by atoms with Gasteiger partial charge < -0.3 is 4.90 Å². The van der Waals surface area contributed by atoms with Gasteiger partial charge in [-0.15, -0.1) is 11.6 Å². The SMILES string of the molecule is CCC(C)n1ccc(CN(C)CCCCCCl)n1. The van der Waals surface area contributed by atoms with Crippen LogP contribution in [0.5, 0.6) is 0 Å². The fourth-order valence-electron chi connectivity index (χ4n) is 1.90. The summed E-state index contributed by atoms with van der Waals surface area (Å²) >= 11 is 5.67. The molecule has 3 nitrogen and oxygen atoms in total. The van der Waals surface area contributed by atoms with Crippen LogP contribution in [0.2, 0.25) is 0 Å². The number of halogens is 1. The lowest BCUT2D eigenvalue weighted by Crippen LogP contribution is -2.19. The van der Waals surface area contributed by atoms with E-state index in [-0.39, 0.29) is 0 Å². The number of hydrogen-bond acceptors (Lipinski definition) is 2. The van der Waals surface area contributed by atoms with E-state index >= 15 is 0 Å². The van der Waals surface area contributed by atoms with Crippen LogP contribution in [0.4, 0.5) is 0 Å². The fourth-order valence-corrected chi connectivity index (χ4v) is 2.09. The lowest BCUT2D eigenvalue weighted by atomic mass is 10.2. The summed E-state index contributed by atoms with van der Waals surface area (Å²) in [5.74, 6) is 0.781. The average molecular weight is 272 g/mol. The second-order valence-electron chi connectivity index (χ2n) is 5.03. The standard InChI is InChI=1S/C14H26ClN3/c1-4-13(2)18-11-8-14(16-18)12-17(3)10-7-5-6-9-15/h8,11,13H,4-7,9-10,12H2,1-3H3. The molecule has 0 aliphatic rings. The Bertz CT molecular complexity index is 325. The smallest absolute Gasteiger partial charge is 0.0764 e. The number of alkyl halides is 1. The highest BCUT2D eigenvalue weighted by Crippen LogP contribution is 2.10. The van der Waals surface area contributed by atoms with Crippen molar-refractivity contribution in [3.63, 3.8) is 0 Å². The lowest BCUT2D eigenvalue weighted by molar-refractivity contribution is 0.312.